The van der Waals surface area contributed by atoms with Crippen LogP contribution in [0.1, 0.15) is 53.4 Å². The van der Waals surface area contributed by atoms with E-state index >= 15 is 0 Å². The zero-order chi connectivity index (χ0) is 28.2. The van der Waals surface area contributed by atoms with Crippen LogP contribution in [0.4, 0.5) is 4.39 Å². The third-order valence-electron chi connectivity index (χ3n) is 7.37. The molecule has 5 nitrogen and oxygen atoms in total. The first-order chi connectivity index (χ1) is 18.6. The van der Waals surface area contributed by atoms with Crippen LogP contribution in [0.3, 0.4) is 0 Å². The number of esters is 1. The monoisotopic (exact) mass is 531 g/mol. The van der Waals surface area contributed by atoms with E-state index in [4.69, 9.17) is 9.47 Å². The Bertz CT molecular complexity index is 1280. The van der Waals surface area contributed by atoms with Gasteiger partial charge in [-0.1, -0.05) is 42.5 Å². The maximum atomic E-state index is 13.6. The number of ketones is 1. The molecule has 1 fully saturated rings. The molecule has 6 heteroatoms. The van der Waals surface area contributed by atoms with Crippen molar-refractivity contribution in [3.8, 4) is 5.75 Å². The summed E-state index contributed by atoms with van der Waals surface area (Å²) in [5, 5.41) is 0. The van der Waals surface area contributed by atoms with Gasteiger partial charge >= 0.3 is 5.97 Å². The number of hydrogen-bond acceptors (Lipinski definition) is 5. The van der Waals surface area contributed by atoms with Crippen LogP contribution in [0, 0.1) is 31.5 Å². The van der Waals surface area contributed by atoms with Crippen LogP contribution >= 0.6 is 0 Å². The highest BCUT2D eigenvalue weighted by molar-refractivity contribution is 5.98. The Hall–Kier alpha value is -3.51. The average molecular weight is 532 g/mol. The molecular formula is C33H38FNO4. The summed E-state index contributed by atoms with van der Waals surface area (Å²) in [4.78, 5) is 28.3. The van der Waals surface area contributed by atoms with Crippen LogP contribution in [-0.2, 0) is 22.5 Å². The van der Waals surface area contributed by atoms with Gasteiger partial charge < -0.3 is 9.47 Å². The fraction of sp³-hybridized carbons (Fsp3) is 0.394. The van der Waals surface area contributed by atoms with Gasteiger partial charge in [-0.3, -0.25) is 9.69 Å². The number of ether oxygens (including phenoxy) is 2. The first kappa shape index (κ1) is 28.5. The van der Waals surface area contributed by atoms with Crippen molar-refractivity contribution in [2.75, 3.05) is 19.7 Å². The number of hydrogen-bond donors (Lipinski definition) is 0. The molecule has 0 amide bonds. The second kappa shape index (κ2) is 12.1. The van der Waals surface area contributed by atoms with E-state index in [1.165, 1.54) is 17.7 Å². The van der Waals surface area contributed by atoms with Gasteiger partial charge in [-0.15, -0.1) is 0 Å². The van der Waals surface area contributed by atoms with E-state index in [1.54, 1.807) is 32.9 Å². The van der Waals surface area contributed by atoms with Crippen molar-refractivity contribution < 1.29 is 23.5 Å². The number of carbonyl (C=O) groups excluding carboxylic acids is 2. The number of aryl methyl sites for hydroxylation is 2. The Balaban J connectivity index is 1.56. The standard InChI is InChI=1S/C33H38FNO4/c1-6-38-32(37)33(4,5)39-31-22(2)16-25(17-23(31)3)18-27-20-35(19-24-10-8-7-9-11-24)21-29(27)30(36)26-12-14-28(34)15-13-26/h7-17,27,29H,6,18-21H2,1-5H3. The minimum Gasteiger partial charge on any atom is -0.476 e. The van der Waals surface area contributed by atoms with E-state index in [2.05, 4.69) is 29.2 Å². The highest BCUT2D eigenvalue weighted by atomic mass is 19.1. The maximum absolute atomic E-state index is 13.6. The highest BCUT2D eigenvalue weighted by Crippen LogP contribution is 2.34. The van der Waals surface area contributed by atoms with Crippen molar-refractivity contribution in [2.24, 2.45) is 11.8 Å². The van der Waals surface area contributed by atoms with E-state index in [-0.39, 0.29) is 23.4 Å². The van der Waals surface area contributed by atoms with Crippen LogP contribution in [-0.4, -0.2) is 41.9 Å². The second-order valence-corrected chi connectivity index (χ2v) is 11.0. The van der Waals surface area contributed by atoms with Crippen LogP contribution in [0.15, 0.2) is 66.7 Å². The molecule has 4 rings (SSSR count). The largest absolute Gasteiger partial charge is 0.476 e. The van der Waals surface area contributed by atoms with E-state index < -0.39 is 11.6 Å². The molecule has 39 heavy (non-hydrogen) atoms. The summed E-state index contributed by atoms with van der Waals surface area (Å²) in [5.74, 6) is -0.113. The molecule has 0 N–H and O–H groups in total. The minimum absolute atomic E-state index is 0.0557. The van der Waals surface area contributed by atoms with Gasteiger partial charge in [0.05, 0.1) is 6.61 Å². The molecule has 0 radical (unpaired) electrons. The molecule has 0 spiro atoms. The quantitative estimate of drug-likeness (QED) is 0.226. The predicted molar refractivity (Wildman–Crippen MR) is 150 cm³/mol. The number of Topliss-reactive ketones (excluding diaryl/α,β-unsaturated/α-hetero) is 1. The number of rotatable bonds is 10. The van der Waals surface area contributed by atoms with Crippen molar-refractivity contribution >= 4 is 11.8 Å². The summed E-state index contributed by atoms with van der Waals surface area (Å²) in [5.41, 5.74) is 3.64. The number of benzene rings is 3. The number of carbonyl (C=O) groups is 2. The summed E-state index contributed by atoms with van der Waals surface area (Å²) >= 11 is 0. The molecule has 3 aromatic carbocycles. The first-order valence-corrected chi connectivity index (χ1v) is 13.6. The summed E-state index contributed by atoms with van der Waals surface area (Å²) in [6, 6.07) is 20.3. The molecule has 2 atom stereocenters. The molecule has 2 unspecified atom stereocenters. The van der Waals surface area contributed by atoms with Crippen molar-refractivity contribution in [3.63, 3.8) is 0 Å². The molecule has 1 aliphatic heterocycles. The Morgan fingerprint density at radius 2 is 1.59 bits per heavy atom. The third kappa shape index (κ3) is 6.93. The Morgan fingerprint density at radius 1 is 0.949 bits per heavy atom. The van der Waals surface area contributed by atoms with E-state index in [9.17, 15) is 14.0 Å². The summed E-state index contributed by atoms with van der Waals surface area (Å²) in [6.45, 7) is 11.7. The fourth-order valence-corrected chi connectivity index (χ4v) is 5.49. The molecule has 0 aliphatic carbocycles. The molecule has 3 aromatic rings. The lowest BCUT2D eigenvalue weighted by Crippen LogP contribution is -2.40. The fourth-order valence-electron chi connectivity index (χ4n) is 5.49. The summed E-state index contributed by atoms with van der Waals surface area (Å²) in [7, 11) is 0. The van der Waals surface area contributed by atoms with Crippen molar-refractivity contribution in [3.05, 3.63) is 100 Å². The van der Waals surface area contributed by atoms with Crippen LogP contribution < -0.4 is 4.74 Å². The maximum Gasteiger partial charge on any atom is 0.349 e. The SMILES string of the molecule is CCOC(=O)C(C)(C)Oc1c(C)cc(CC2CN(Cc3ccccc3)CC2C(=O)c2ccc(F)cc2)cc1C. The van der Waals surface area contributed by atoms with Crippen molar-refractivity contribution in [1.82, 2.24) is 4.90 Å². The molecule has 206 valence electrons. The molecule has 0 saturated carbocycles. The molecule has 1 aliphatic rings. The van der Waals surface area contributed by atoms with Gasteiger partial charge in [-0.2, -0.15) is 0 Å². The molecule has 1 heterocycles. The van der Waals surface area contributed by atoms with Crippen LogP contribution in [0.2, 0.25) is 0 Å². The van der Waals surface area contributed by atoms with Gasteiger partial charge in [0.2, 0.25) is 0 Å². The smallest absolute Gasteiger partial charge is 0.349 e. The lowest BCUT2D eigenvalue weighted by molar-refractivity contribution is -0.158. The topological polar surface area (TPSA) is 55.8 Å². The third-order valence-corrected chi connectivity index (χ3v) is 7.37. The normalized spacial score (nSPS) is 17.7. The van der Waals surface area contributed by atoms with E-state index in [1.807, 2.05) is 32.0 Å². The highest BCUT2D eigenvalue weighted by Gasteiger charge is 2.38. The molecule has 1 saturated heterocycles. The molecule has 0 aromatic heterocycles. The first-order valence-electron chi connectivity index (χ1n) is 13.6. The average Bonchev–Trinajstić information content (AvgIpc) is 3.28. The minimum atomic E-state index is -1.11. The summed E-state index contributed by atoms with van der Waals surface area (Å²) in [6.07, 6.45) is 0.728. The predicted octanol–water partition coefficient (Wildman–Crippen LogP) is 6.34. The number of halogens is 1. The zero-order valence-corrected chi connectivity index (χ0v) is 23.5. The van der Waals surface area contributed by atoms with Crippen molar-refractivity contribution in [1.29, 1.82) is 0 Å². The number of likely N-dealkylation sites (tertiary alicyclic amines) is 1. The molecular weight excluding hydrogens is 493 g/mol. The second-order valence-electron chi connectivity index (χ2n) is 11.0. The zero-order valence-electron chi connectivity index (χ0n) is 23.5. The van der Waals surface area contributed by atoms with Crippen molar-refractivity contribution in [2.45, 2.75) is 53.2 Å². The van der Waals surface area contributed by atoms with Crippen LogP contribution in [0.25, 0.3) is 0 Å². The van der Waals surface area contributed by atoms with E-state index in [0.717, 1.165) is 36.2 Å². The van der Waals surface area contributed by atoms with E-state index in [0.29, 0.717) is 24.5 Å². The van der Waals surface area contributed by atoms with Gasteiger partial charge in [0.15, 0.2) is 11.4 Å². The van der Waals surface area contributed by atoms with Gasteiger partial charge in [0, 0.05) is 31.1 Å². The lowest BCUT2D eigenvalue weighted by Gasteiger charge is -2.27. The van der Waals surface area contributed by atoms with Gasteiger partial charge in [0.1, 0.15) is 11.6 Å². The Kier molecular flexibility index (Phi) is 8.86. The Labute approximate surface area is 230 Å². The molecule has 0 bridgehead atoms. The summed E-state index contributed by atoms with van der Waals surface area (Å²) < 4.78 is 24.9. The lowest BCUT2D eigenvalue weighted by atomic mass is 9.84. The number of nitrogens with zero attached hydrogens (tertiary/aromatic N) is 1. The van der Waals surface area contributed by atoms with Crippen LogP contribution in [0.5, 0.6) is 5.75 Å². The van der Waals surface area contributed by atoms with Gasteiger partial charge in [-0.25, -0.2) is 9.18 Å². The van der Waals surface area contributed by atoms with Gasteiger partial charge in [0.25, 0.3) is 0 Å². The van der Waals surface area contributed by atoms with Gasteiger partial charge in [-0.05, 0) is 93.5 Å². The Morgan fingerprint density at radius 3 is 2.21 bits per heavy atom.